The lowest BCUT2D eigenvalue weighted by Gasteiger charge is -2.29. The molecule has 0 aliphatic carbocycles. The van der Waals surface area contributed by atoms with Gasteiger partial charge in [0.2, 0.25) is 5.91 Å². The third kappa shape index (κ3) is 7.59. The molecule has 9 heteroatoms. The van der Waals surface area contributed by atoms with Gasteiger partial charge in [0.25, 0.3) is 0 Å². The Hall–Kier alpha value is -1.59. The number of fused-ring (bicyclic) bond motifs is 1. The first-order chi connectivity index (χ1) is 14.1. The van der Waals surface area contributed by atoms with Crippen molar-refractivity contribution in [2.45, 2.75) is 18.9 Å². The van der Waals surface area contributed by atoms with E-state index in [1.807, 2.05) is 18.2 Å². The Labute approximate surface area is 196 Å². The van der Waals surface area contributed by atoms with Crippen molar-refractivity contribution in [2.75, 3.05) is 66.6 Å². The summed E-state index contributed by atoms with van der Waals surface area (Å²) in [7, 11) is 3.49. The number of halogens is 1. The van der Waals surface area contributed by atoms with E-state index in [2.05, 4.69) is 26.6 Å². The maximum atomic E-state index is 12.0. The number of nitrogens with one attached hydrogen (secondary N) is 2. The number of morpholine rings is 1. The minimum absolute atomic E-state index is 0. The first-order valence-electron chi connectivity index (χ1n) is 10.4. The molecule has 1 amide bonds. The van der Waals surface area contributed by atoms with Gasteiger partial charge in [0, 0.05) is 45.7 Å². The third-order valence-electron chi connectivity index (χ3n) is 5.19. The van der Waals surface area contributed by atoms with Crippen molar-refractivity contribution < 1.29 is 14.3 Å². The van der Waals surface area contributed by atoms with Crippen LogP contribution in [-0.4, -0.2) is 88.3 Å². The molecule has 1 saturated heterocycles. The van der Waals surface area contributed by atoms with Crippen molar-refractivity contribution in [1.29, 1.82) is 0 Å². The molecule has 2 N–H and O–H groups in total. The highest BCUT2D eigenvalue weighted by molar-refractivity contribution is 14.0. The van der Waals surface area contributed by atoms with Crippen molar-refractivity contribution in [3.63, 3.8) is 0 Å². The number of hydrogen-bond donors (Lipinski definition) is 2. The molecule has 1 fully saturated rings. The fraction of sp³-hybridized carbons (Fsp3) is 0.619. The quantitative estimate of drug-likeness (QED) is 0.240. The van der Waals surface area contributed by atoms with E-state index in [1.165, 1.54) is 0 Å². The molecule has 8 nitrogen and oxygen atoms in total. The molecule has 1 aromatic carbocycles. The summed E-state index contributed by atoms with van der Waals surface area (Å²) in [5.74, 6) is 1.56. The van der Waals surface area contributed by atoms with Gasteiger partial charge in [0.1, 0.15) is 12.3 Å². The number of ether oxygens (including phenoxy) is 2. The Morgan fingerprint density at radius 1 is 1.23 bits per heavy atom. The lowest BCUT2D eigenvalue weighted by molar-refractivity contribution is -0.127. The third-order valence-corrected chi connectivity index (χ3v) is 5.19. The average molecular weight is 531 g/mol. The molecule has 0 saturated carbocycles. The van der Waals surface area contributed by atoms with E-state index in [-0.39, 0.29) is 42.5 Å². The second kappa shape index (κ2) is 13.0. The van der Waals surface area contributed by atoms with Crippen molar-refractivity contribution in [3.8, 4) is 5.75 Å². The second-order valence-corrected chi connectivity index (χ2v) is 7.56. The van der Waals surface area contributed by atoms with Gasteiger partial charge in [-0.1, -0.05) is 18.2 Å². The maximum Gasteiger partial charge on any atom is 0.243 e. The monoisotopic (exact) mass is 531 g/mol. The van der Waals surface area contributed by atoms with E-state index in [9.17, 15) is 4.79 Å². The summed E-state index contributed by atoms with van der Waals surface area (Å²) in [6, 6.07) is 8.18. The Morgan fingerprint density at radius 2 is 2.00 bits per heavy atom. The number of para-hydroxylation sites is 1. The molecule has 0 spiro atoms. The molecule has 30 heavy (non-hydrogen) atoms. The first kappa shape index (κ1) is 24.7. The Balaban J connectivity index is 0.00000320. The zero-order valence-electron chi connectivity index (χ0n) is 17.9. The smallest absolute Gasteiger partial charge is 0.243 e. The van der Waals surface area contributed by atoms with Crippen LogP contribution in [0, 0.1) is 0 Å². The molecule has 0 aromatic heterocycles. The van der Waals surface area contributed by atoms with E-state index < -0.39 is 0 Å². The number of carbonyl (C=O) groups excluding carboxylic acids is 1. The summed E-state index contributed by atoms with van der Waals surface area (Å²) in [4.78, 5) is 20.5. The molecule has 0 radical (unpaired) electrons. The SMILES string of the molecule is CN(C)C(=O)CN=C(NCCCN1CCOCC1)NC1CCOc2ccccc21.I. The fourth-order valence-corrected chi connectivity index (χ4v) is 3.43. The Bertz CT molecular complexity index is 695. The number of nitrogens with zero attached hydrogens (tertiary/aromatic N) is 3. The van der Waals surface area contributed by atoms with E-state index in [0.717, 1.165) is 63.5 Å². The molecule has 1 unspecified atom stereocenters. The van der Waals surface area contributed by atoms with Crippen LogP contribution in [0.2, 0.25) is 0 Å². The maximum absolute atomic E-state index is 12.0. The summed E-state index contributed by atoms with van der Waals surface area (Å²) in [5, 5.41) is 6.90. The van der Waals surface area contributed by atoms with Gasteiger partial charge in [-0.15, -0.1) is 24.0 Å². The highest BCUT2D eigenvalue weighted by atomic mass is 127. The van der Waals surface area contributed by atoms with Crippen molar-refractivity contribution >= 4 is 35.8 Å². The van der Waals surface area contributed by atoms with Crippen LogP contribution < -0.4 is 15.4 Å². The standard InChI is InChI=1S/C21H33N5O3.HI/c1-25(2)20(27)16-23-21(22-9-5-10-26-11-14-28-15-12-26)24-18-8-13-29-19-7-4-3-6-17(18)19;/h3-4,6-7,18H,5,8-16H2,1-2H3,(H2,22,23,24);1H. The summed E-state index contributed by atoms with van der Waals surface area (Å²) in [5.41, 5.74) is 1.13. The van der Waals surface area contributed by atoms with Crippen LogP contribution in [0.5, 0.6) is 5.75 Å². The van der Waals surface area contributed by atoms with Crippen LogP contribution in [0.3, 0.4) is 0 Å². The molecule has 1 atom stereocenters. The highest BCUT2D eigenvalue weighted by Gasteiger charge is 2.22. The van der Waals surface area contributed by atoms with Gasteiger partial charge in [-0.3, -0.25) is 9.69 Å². The number of benzene rings is 1. The second-order valence-electron chi connectivity index (χ2n) is 7.56. The minimum Gasteiger partial charge on any atom is -0.493 e. The van der Waals surface area contributed by atoms with Crippen LogP contribution in [0.4, 0.5) is 0 Å². The Morgan fingerprint density at radius 3 is 2.77 bits per heavy atom. The van der Waals surface area contributed by atoms with E-state index in [0.29, 0.717) is 12.6 Å². The van der Waals surface area contributed by atoms with Gasteiger partial charge in [0.05, 0.1) is 25.9 Å². The average Bonchev–Trinajstić information content (AvgIpc) is 2.75. The minimum atomic E-state index is -0.0215. The normalized spacial score (nSPS) is 19.1. The molecule has 2 aliphatic heterocycles. The number of aliphatic imine (C=N–C) groups is 1. The number of rotatable bonds is 7. The number of guanidine groups is 1. The van der Waals surface area contributed by atoms with Crippen LogP contribution in [0.15, 0.2) is 29.3 Å². The largest absolute Gasteiger partial charge is 0.493 e. The summed E-state index contributed by atoms with van der Waals surface area (Å²) >= 11 is 0. The fourth-order valence-electron chi connectivity index (χ4n) is 3.43. The van der Waals surface area contributed by atoms with Gasteiger partial charge in [-0.05, 0) is 19.0 Å². The zero-order valence-corrected chi connectivity index (χ0v) is 20.3. The highest BCUT2D eigenvalue weighted by Crippen LogP contribution is 2.31. The van der Waals surface area contributed by atoms with Crippen LogP contribution in [0.25, 0.3) is 0 Å². The van der Waals surface area contributed by atoms with Gasteiger partial charge >= 0.3 is 0 Å². The predicted octanol–water partition coefficient (Wildman–Crippen LogP) is 1.47. The molecule has 3 rings (SSSR count). The first-order valence-corrected chi connectivity index (χ1v) is 10.4. The van der Waals surface area contributed by atoms with E-state index >= 15 is 0 Å². The number of amides is 1. The van der Waals surface area contributed by atoms with Crippen LogP contribution >= 0.6 is 24.0 Å². The molecule has 168 valence electrons. The van der Waals surface area contributed by atoms with Gasteiger partial charge in [0.15, 0.2) is 5.96 Å². The van der Waals surface area contributed by atoms with E-state index in [4.69, 9.17) is 9.47 Å². The summed E-state index contributed by atoms with van der Waals surface area (Å²) in [6.07, 6.45) is 1.86. The van der Waals surface area contributed by atoms with Crippen LogP contribution in [0.1, 0.15) is 24.4 Å². The van der Waals surface area contributed by atoms with E-state index in [1.54, 1.807) is 19.0 Å². The molecule has 2 aliphatic rings. The predicted molar refractivity (Wildman–Crippen MR) is 129 cm³/mol. The molecule has 1 aromatic rings. The topological polar surface area (TPSA) is 78.4 Å². The summed E-state index contributed by atoms with van der Waals surface area (Å²) in [6.45, 7) is 6.23. The van der Waals surface area contributed by atoms with Crippen molar-refractivity contribution in [1.82, 2.24) is 20.4 Å². The molecule has 0 bridgehead atoms. The van der Waals surface area contributed by atoms with Crippen LogP contribution in [-0.2, 0) is 9.53 Å². The van der Waals surface area contributed by atoms with Gasteiger partial charge < -0.3 is 25.0 Å². The van der Waals surface area contributed by atoms with Crippen molar-refractivity contribution in [2.24, 2.45) is 4.99 Å². The summed E-state index contributed by atoms with van der Waals surface area (Å²) < 4.78 is 11.2. The molecular weight excluding hydrogens is 497 g/mol. The zero-order chi connectivity index (χ0) is 20.5. The van der Waals surface area contributed by atoms with Gasteiger partial charge in [-0.25, -0.2) is 4.99 Å². The lowest BCUT2D eigenvalue weighted by Crippen LogP contribution is -2.43. The molecular formula is C21H34IN5O3. The molecule has 2 heterocycles. The lowest BCUT2D eigenvalue weighted by atomic mass is 10.0. The number of carbonyl (C=O) groups is 1. The number of hydrogen-bond acceptors (Lipinski definition) is 5. The van der Waals surface area contributed by atoms with Crippen molar-refractivity contribution in [3.05, 3.63) is 29.8 Å². The Kier molecular flexibility index (Phi) is 10.7. The van der Waals surface area contributed by atoms with Gasteiger partial charge in [-0.2, -0.15) is 0 Å². The number of likely N-dealkylation sites (N-methyl/N-ethyl adjacent to an activating group) is 1.